The highest BCUT2D eigenvalue weighted by atomic mass is 35.5. The third-order valence-electron chi connectivity index (χ3n) is 6.35. The lowest BCUT2D eigenvalue weighted by atomic mass is 10.1. The van der Waals surface area contributed by atoms with E-state index in [1.807, 2.05) is 97.3 Å². The van der Waals surface area contributed by atoms with Gasteiger partial charge in [0, 0.05) is 0 Å². The number of imidazole rings is 1. The molecule has 39 heavy (non-hydrogen) atoms. The average Bonchev–Trinajstić information content (AvgIpc) is 3.42. The van der Waals surface area contributed by atoms with Crippen molar-refractivity contribution in [2.24, 2.45) is 0 Å². The second-order valence-corrected chi connectivity index (χ2v) is 9.55. The van der Waals surface area contributed by atoms with Crippen LogP contribution in [0.4, 0.5) is 0 Å². The Morgan fingerprint density at radius 2 is 1.54 bits per heavy atom. The van der Waals surface area contributed by atoms with E-state index in [9.17, 15) is 0 Å². The summed E-state index contributed by atoms with van der Waals surface area (Å²) < 4.78 is 19.8. The number of fused-ring (bicyclic) bond motifs is 1. The quantitative estimate of drug-likeness (QED) is 0.233. The van der Waals surface area contributed by atoms with E-state index in [-0.39, 0.29) is 17.9 Å². The second-order valence-electron chi connectivity index (χ2n) is 9.55. The summed E-state index contributed by atoms with van der Waals surface area (Å²) in [6, 6.07) is 25.9. The van der Waals surface area contributed by atoms with E-state index in [0.717, 1.165) is 16.7 Å². The highest BCUT2D eigenvalue weighted by Gasteiger charge is 2.26. The van der Waals surface area contributed by atoms with Gasteiger partial charge in [-0.05, 0) is 42.7 Å². The molecule has 8 nitrogen and oxygen atoms in total. The van der Waals surface area contributed by atoms with Crippen LogP contribution >= 0.6 is 12.4 Å². The Bertz CT molecular complexity index is 1580. The molecule has 0 spiro atoms. The summed E-state index contributed by atoms with van der Waals surface area (Å²) in [7, 11) is 1.63. The molecule has 9 heteroatoms. The molecule has 0 saturated carbocycles. The van der Waals surface area contributed by atoms with E-state index in [1.54, 1.807) is 13.4 Å². The minimum atomic E-state index is -0.697. The summed E-state index contributed by atoms with van der Waals surface area (Å²) in [5.74, 6) is 1.97. The zero-order chi connectivity index (χ0) is 26.5. The van der Waals surface area contributed by atoms with Gasteiger partial charge in [-0.25, -0.2) is 9.97 Å². The molecule has 5 rings (SSSR count). The maximum Gasteiger partial charge on any atom is 0.173 e. The minimum Gasteiger partial charge on any atom is -0.493 e. The van der Waals surface area contributed by atoms with Crippen LogP contribution in [-0.2, 0) is 30.1 Å². The van der Waals surface area contributed by atoms with Gasteiger partial charge < -0.3 is 23.8 Å². The van der Waals surface area contributed by atoms with E-state index >= 15 is 0 Å². The molecule has 0 unspecified atom stereocenters. The molecule has 0 saturated heterocycles. The number of rotatable bonds is 10. The Morgan fingerprint density at radius 1 is 0.872 bits per heavy atom. The largest absolute Gasteiger partial charge is 0.493 e. The van der Waals surface area contributed by atoms with Gasteiger partial charge in [0.25, 0.3) is 0 Å². The topological polar surface area (TPSA) is 98.0 Å². The number of hydrogen-bond donors (Lipinski definition) is 2. The molecule has 0 aliphatic rings. The normalized spacial score (nSPS) is 11.3. The number of methoxy groups -OCH3 is 1. The summed E-state index contributed by atoms with van der Waals surface area (Å²) in [4.78, 5) is 12.4. The summed E-state index contributed by atoms with van der Waals surface area (Å²) in [6.45, 7) is 5.32. The number of halogens is 1. The molecule has 2 N–H and O–H groups in total. The van der Waals surface area contributed by atoms with Gasteiger partial charge in [0.2, 0.25) is 0 Å². The van der Waals surface area contributed by atoms with Crippen molar-refractivity contribution in [1.82, 2.24) is 19.5 Å². The molecule has 0 radical (unpaired) electrons. The number of hydrogen-bond acceptors (Lipinski definition) is 6. The zero-order valence-electron chi connectivity index (χ0n) is 22.2. The Morgan fingerprint density at radius 3 is 2.21 bits per heavy atom. The number of nitrogens with zero attached hydrogens (tertiary/aromatic N) is 3. The van der Waals surface area contributed by atoms with Crippen LogP contribution in [-0.4, -0.2) is 26.6 Å². The predicted octanol–water partition coefficient (Wildman–Crippen LogP) is 5.75. The molecule has 0 amide bonds. The molecule has 0 fully saturated rings. The number of nitrogens with one attached hydrogen (secondary N) is 2. The summed E-state index contributed by atoms with van der Waals surface area (Å²) in [5.41, 5.74) is 3.79. The highest BCUT2D eigenvalue weighted by Crippen LogP contribution is 2.30. The van der Waals surface area contributed by atoms with Gasteiger partial charge in [0.1, 0.15) is 23.5 Å². The van der Waals surface area contributed by atoms with Crippen molar-refractivity contribution in [2.45, 2.75) is 39.2 Å². The Balaban J connectivity index is 0.00000353. The van der Waals surface area contributed by atoms with Gasteiger partial charge in [0.05, 0.1) is 26.6 Å². The molecule has 0 aliphatic heterocycles. The third kappa shape index (κ3) is 6.47. The van der Waals surface area contributed by atoms with Crippen LogP contribution in [0.15, 0.2) is 85.2 Å². The molecule has 0 bridgehead atoms. The van der Waals surface area contributed by atoms with Gasteiger partial charge >= 0.3 is 0 Å². The Hall–Kier alpha value is -4.14. The molecule has 3 aromatic carbocycles. The van der Waals surface area contributed by atoms with E-state index in [1.165, 1.54) is 0 Å². The maximum atomic E-state index is 8.35. The fourth-order valence-electron chi connectivity index (χ4n) is 4.16. The Kier molecular flexibility index (Phi) is 8.69. The van der Waals surface area contributed by atoms with Crippen molar-refractivity contribution in [3.63, 3.8) is 0 Å². The van der Waals surface area contributed by atoms with Crippen LogP contribution in [0.25, 0.3) is 11.2 Å². The van der Waals surface area contributed by atoms with Gasteiger partial charge in [-0.2, -0.15) is 0 Å². The number of H-pyrrole nitrogens is 1. The van der Waals surface area contributed by atoms with Crippen molar-refractivity contribution in [2.75, 3.05) is 7.11 Å². The van der Waals surface area contributed by atoms with Crippen LogP contribution in [0.1, 0.15) is 36.4 Å². The van der Waals surface area contributed by atoms with E-state index in [0.29, 0.717) is 48.2 Å². The molecule has 202 valence electrons. The number of aromatic amines is 1. The molecule has 0 aliphatic carbocycles. The fraction of sp³-hybridized carbons (Fsp3) is 0.233. The van der Waals surface area contributed by atoms with Crippen LogP contribution < -0.4 is 15.0 Å². The lowest BCUT2D eigenvalue weighted by Gasteiger charge is -2.23. The molecular formula is C30H32ClN5O3. The first-order valence-electron chi connectivity index (χ1n) is 12.4. The summed E-state index contributed by atoms with van der Waals surface area (Å²) >= 11 is 0. The van der Waals surface area contributed by atoms with Crippen LogP contribution in [0.5, 0.6) is 11.5 Å². The predicted molar refractivity (Wildman–Crippen MR) is 152 cm³/mol. The fourth-order valence-corrected chi connectivity index (χ4v) is 4.16. The standard InChI is InChI=1S/C30H31N5O3.ClH/c1-30(2,38-19-22-12-8-5-9-13-22)29-33-26-27(31)32-20-35(28(26)34-29)17-23-14-15-24(36-3)25(16-23)37-18-21-10-6-4-7-11-21;/h4-16,20,31H,17-19H2,1-3H3,(H,33,34);1H. The maximum absolute atomic E-state index is 8.35. The van der Waals surface area contributed by atoms with Crippen LogP contribution in [0.3, 0.4) is 0 Å². The van der Waals surface area contributed by atoms with Crippen molar-refractivity contribution >= 4 is 23.6 Å². The molecule has 5 aromatic rings. The first-order chi connectivity index (χ1) is 18.4. The third-order valence-corrected chi connectivity index (χ3v) is 6.35. The van der Waals surface area contributed by atoms with E-state index in [4.69, 9.17) is 24.6 Å². The monoisotopic (exact) mass is 545 g/mol. The summed E-state index contributed by atoms with van der Waals surface area (Å²) in [6.07, 6.45) is 1.64. The van der Waals surface area contributed by atoms with Crippen molar-refractivity contribution in [3.8, 4) is 11.5 Å². The van der Waals surface area contributed by atoms with Crippen molar-refractivity contribution in [1.29, 1.82) is 5.41 Å². The molecule has 2 heterocycles. The van der Waals surface area contributed by atoms with Crippen molar-refractivity contribution < 1.29 is 14.2 Å². The van der Waals surface area contributed by atoms with Gasteiger partial charge in [-0.15, -0.1) is 12.4 Å². The first kappa shape index (κ1) is 27.9. The number of aromatic nitrogens is 4. The molecule has 2 aromatic heterocycles. The summed E-state index contributed by atoms with van der Waals surface area (Å²) in [5, 5.41) is 8.35. The van der Waals surface area contributed by atoms with E-state index < -0.39 is 5.60 Å². The lowest BCUT2D eigenvalue weighted by molar-refractivity contribution is -0.0393. The minimum absolute atomic E-state index is 0. The number of ether oxygens (including phenoxy) is 3. The average molecular weight is 546 g/mol. The van der Waals surface area contributed by atoms with Crippen LogP contribution in [0.2, 0.25) is 0 Å². The SMILES string of the molecule is COc1ccc(Cn2cnc(=N)c3[nH]c(C(C)(C)OCc4ccccc4)nc32)cc1OCc1ccccc1.Cl. The van der Waals surface area contributed by atoms with Gasteiger partial charge in [0.15, 0.2) is 22.6 Å². The molecule has 0 atom stereocenters. The highest BCUT2D eigenvalue weighted by molar-refractivity contribution is 5.85. The molecular weight excluding hydrogens is 514 g/mol. The van der Waals surface area contributed by atoms with Gasteiger partial charge in [-0.3, -0.25) is 5.41 Å². The van der Waals surface area contributed by atoms with Crippen LogP contribution in [0, 0.1) is 5.41 Å². The zero-order valence-corrected chi connectivity index (χ0v) is 23.0. The van der Waals surface area contributed by atoms with Gasteiger partial charge in [-0.1, -0.05) is 66.7 Å². The Labute approximate surface area is 233 Å². The van der Waals surface area contributed by atoms with Crippen molar-refractivity contribution in [3.05, 3.63) is 113 Å². The smallest absolute Gasteiger partial charge is 0.173 e. The lowest BCUT2D eigenvalue weighted by Crippen LogP contribution is -2.23. The van der Waals surface area contributed by atoms with E-state index in [2.05, 4.69) is 9.97 Å². The number of benzene rings is 3. The second kappa shape index (κ2) is 12.1. The first-order valence-corrected chi connectivity index (χ1v) is 12.4.